The minimum absolute atomic E-state index is 0.0318. The lowest BCUT2D eigenvalue weighted by Gasteiger charge is -2.24. The number of halogens is 1. The first-order chi connectivity index (χ1) is 16.2. The largest absolute Gasteiger partial charge is 0.340 e. The van der Waals surface area contributed by atoms with Gasteiger partial charge in [0.2, 0.25) is 0 Å². The molecule has 5 rings (SSSR count). The van der Waals surface area contributed by atoms with Gasteiger partial charge in [-0.3, -0.25) is 9.78 Å². The van der Waals surface area contributed by atoms with Crippen LogP contribution in [0.1, 0.15) is 35.1 Å². The highest BCUT2D eigenvalue weighted by atomic mass is 19.1. The molecule has 1 saturated heterocycles. The van der Waals surface area contributed by atoms with Crippen molar-refractivity contribution in [3.8, 4) is 11.3 Å². The van der Waals surface area contributed by atoms with Crippen LogP contribution in [0, 0.1) is 5.82 Å². The van der Waals surface area contributed by atoms with Crippen LogP contribution in [0.2, 0.25) is 0 Å². The quantitative estimate of drug-likeness (QED) is 0.451. The molecule has 1 amide bonds. The van der Waals surface area contributed by atoms with E-state index in [9.17, 15) is 9.18 Å². The molecule has 3 heterocycles. The molecular formula is C26H22FN5O. The van der Waals surface area contributed by atoms with Crippen molar-refractivity contribution >= 4 is 17.4 Å². The van der Waals surface area contributed by atoms with Crippen molar-refractivity contribution in [2.75, 3.05) is 11.9 Å². The molecule has 6 nitrogen and oxygen atoms in total. The van der Waals surface area contributed by atoms with Gasteiger partial charge in [0.05, 0.1) is 11.7 Å². The van der Waals surface area contributed by atoms with Gasteiger partial charge in [0.15, 0.2) is 5.82 Å². The van der Waals surface area contributed by atoms with Crippen LogP contribution in [0.25, 0.3) is 11.3 Å². The predicted octanol–water partition coefficient (Wildman–Crippen LogP) is 5.40. The Balaban J connectivity index is 1.53. The zero-order valence-corrected chi connectivity index (χ0v) is 17.9. The van der Waals surface area contributed by atoms with Gasteiger partial charge in [-0.2, -0.15) is 0 Å². The van der Waals surface area contributed by atoms with E-state index in [4.69, 9.17) is 9.97 Å². The molecule has 1 atom stereocenters. The number of carbonyl (C=O) groups is 1. The van der Waals surface area contributed by atoms with Crippen LogP contribution in [0.4, 0.5) is 15.9 Å². The van der Waals surface area contributed by atoms with Crippen molar-refractivity contribution in [1.29, 1.82) is 0 Å². The minimum atomic E-state index is -0.334. The summed E-state index contributed by atoms with van der Waals surface area (Å²) < 4.78 is 13.7. The average Bonchev–Trinajstić information content (AvgIpc) is 3.35. The first-order valence-corrected chi connectivity index (χ1v) is 10.9. The van der Waals surface area contributed by atoms with Crippen molar-refractivity contribution < 1.29 is 9.18 Å². The Hall–Kier alpha value is -4.13. The fourth-order valence-electron chi connectivity index (χ4n) is 4.09. The third-order valence-electron chi connectivity index (χ3n) is 5.65. The van der Waals surface area contributed by atoms with Gasteiger partial charge in [-0.1, -0.05) is 24.3 Å². The summed E-state index contributed by atoms with van der Waals surface area (Å²) in [7, 11) is 0. The van der Waals surface area contributed by atoms with Crippen LogP contribution in [0.15, 0.2) is 85.2 Å². The number of nitrogens with one attached hydrogen (secondary N) is 1. The van der Waals surface area contributed by atoms with E-state index in [1.807, 2.05) is 53.4 Å². The standard InChI is InChI=1S/C26H22FN5O/c27-20-8-4-9-21(16-20)29-24-17-22(18-11-13-28-14-12-18)30-25(31-24)23-10-5-15-32(23)26(33)19-6-2-1-3-7-19/h1-4,6-9,11-14,16-17,23H,5,10,15H2,(H,29,30,31). The summed E-state index contributed by atoms with van der Waals surface area (Å²) in [5.41, 5.74) is 2.83. The third kappa shape index (κ3) is 4.57. The molecule has 33 heavy (non-hydrogen) atoms. The highest BCUT2D eigenvalue weighted by molar-refractivity contribution is 5.94. The van der Waals surface area contributed by atoms with E-state index in [-0.39, 0.29) is 17.8 Å². The lowest BCUT2D eigenvalue weighted by atomic mass is 10.1. The SMILES string of the molecule is O=C(c1ccccc1)N1CCCC1c1nc(Nc2cccc(F)c2)cc(-c2ccncc2)n1. The lowest BCUT2D eigenvalue weighted by molar-refractivity contribution is 0.0730. The number of anilines is 2. The first kappa shape index (κ1) is 20.8. The van der Waals surface area contributed by atoms with E-state index in [0.29, 0.717) is 35.1 Å². The maximum absolute atomic E-state index is 13.7. The zero-order chi connectivity index (χ0) is 22.6. The number of pyridine rings is 1. The second kappa shape index (κ2) is 9.16. The van der Waals surface area contributed by atoms with Crippen LogP contribution >= 0.6 is 0 Å². The van der Waals surface area contributed by atoms with Gasteiger partial charge in [0.1, 0.15) is 11.6 Å². The summed E-state index contributed by atoms with van der Waals surface area (Å²) in [4.78, 5) is 28.7. The van der Waals surface area contributed by atoms with Gasteiger partial charge >= 0.3 is 0 Å². The molecule has 0 saturated carbocycles. The molecule has 1 aliphatic heterocycles. The van der Waals surface area contributed by atoms with Crippen LogP contribution in [-0.4, -0.2) is 32.3 Å². The molecular weight excluding hydrogens is 417 g/mol. The molecule has 0 spiro atoms. The summed E-state index contributed by atoms with van der Waals surface area (Å²) in [6, 6.07) is 20.8. The summed E-state index contributed by atoms with van der Waals surface area (Å²) in [6.07, 6.45) is 5.06. The van der Waals surface area contributed by atoms with Gasteiger partial charge in [0, 0.05) is 41.8 Å². The Morgan fingerprint density at radius 3 is 2.58 bits per heavy atom. The number of hydrogen-bond donors (Lipinski definition) is 1. The predicted molar refractivity (Wildman–Crippen MR) is 124 cm³/mol. The number of hydrogen-bond acceptors (Lipinski definition) is 5. The summed E-state index contributed by atoms with van der Waals surface area (Å²) in [5, 5.41) is 3.18. The highest BCUT2D eigenvalue weighted by Crippen LogP contribution is 2.33. The Bertz CT molecular complexity index is 1270. The Kier molecular flexibility index (Phi) is 5.76. The second-order valence-electron chi connectivity index (χ2n) is 7.89. The van der Waals surface area contributed by atoms with Crippen molar-refractivity contribution in [2.45, 2.75) is 18.9 Å². The number of aromatic nitrogens is 3. The monoisotopic (exact) mass is 439 g/mol. The molecule has 4 aromatic rings. The van der Waals surface area contributed by atoms with E-state index >= 15 is 0 Å². The van der Waals surface area contributed by atoms with Crippen LogP contribution < -0.4 is 5.32 Å². The van der Waals surface area contributed by atoms with E-state index in [1.165, 1.54) is 12.1 Å². The summed E-state index contributed by atoms with van der Waals surface area (Å²) in [5.74, 6) is 0.733. The van der Waals surface area contributed by atoms with Crippen molar-refractivity contribution in [1.82, 2.24) is 19.9 Å². The maximum atomic E-state index is 13.7. The lowest BCUT2D eigenvalue weighted by Crippen LogP contribution is -2.31. The van der Waals surface area contributed by atoms with Gasteiger partial charge in [-0.15, -0.1) is 0 Å². The normalized spacial score (nSPS) is 15.4. The molecule has 2 aromatic heterocycles. The average molecular weight is 439 g/mol. The Labute approximate surface area is 191 Å². The molecule has 2 aromatic carbocycles. The Morgan fingerprint density at radius 2 is 1.79 bits per heavy atom. The number of amides is 1. The first-order valence-electron chi connectivity index (χ1n) is 10.9. The molecule has 0 aliphatic carbocycles. The molecule has 1 N–H and O–H groups in total. The van der Waals surface area contributed by atoms with Gasteiger partial charge in [-0.05, 0) is 55.3 Å². The fraction of sp³-hybridized carbons (Fsp3) is 0.154. The van der Waals surface area contributed by atoms with Crippen molar-refractivity contribution in [2.24, 2.45) is 0 Å². The molecule has 1 unspecified atom stereocenters. The molecule has 164 valence electrons. The summed E-state index contributed by atoms with van der Waals surface area (Å²) >= 11 is 0. The van der Waals surface area contributed by atoms with Gasteiger partial charge in [0.25, 0.3) is 5.91 Å². The van der Waals surface area contributed by atoms with Gasteiger partial charge < -0.3 is 10.2 Å². The Morgan fingerprint density at radius 1 is 0.970 bits per heavy atom. The third-order valence-corrected chi connectivity index (χ3v) is 5.65. The molecule has 7 heteroatoms. The van der Waals surface area contributed by atoms with Crippen molar-refractivity contribution in [3.63, 3.8) is 0 Å². The molecule has 1 aliphatic rings. The van der Waals surface area contributed by atoms with Crippen LogP contribution in [0.5, 0.6) is 0 Å². The fourth-order valence-corrected chi connectivity index (χ4v) is 4.09. The molecule has 1 fully saturated rings. The van der Waals surface area contributed by atoms with Crippen molar-refractivity contribution in [3.05, 3.63) is 102 Å². The van der Waals surface area contributed by atoms with Gasteiger partial charge in [-0.25, -0.2) is 14.4 Å². The number of carbonyl (C=O) groups excluding carboxylic acids is 1. The second-order valence-corrected chi connectivity index (χ2v) is 7.89. The topological polar surface area (TPSA) is 71.0 Å². The number of benzene rings is 2. The van der Waals surface area contributed by atoms with Crippen LogP contribution in [0.3, 0.4) is 0 Å². The summed E-state index contributed by atoms with van der Waals surface area (Å²) in [6.45, 7) is 0.647. The van der Waals surface area contributed by atoms with E-state index in [2.05, 4.69) is 10.3 Å². The van der Waals surface area contributed by atoms with Crippen LogP contribution in [-0.2, 0) is 0 Å². The number of nitrogens with zero attached hydrogens (tertiary/aromatic N) is 4. The minimum Gasteiger partial charge on any atom is -0.340 e. The van der Waals surface area contributed by atoms with E-state index < -0.39 is 0 Å². The number of likely N-dealkylation sites (tertiary alicyclic amines) is 1. The van der Waals surface area contributed by atoms with E-state index in [1.54, 1.807) is 24.5 Å². The highest BCUT2D eigenvalue weighted by Gasteiger charge is 2.33. The van der Waals surface area contributed by atoms with E-state index in [0.717, 1.165) is 18.4 Å². The smallest absolute Gasteiger partial charge is 0.254 e. The zero-order valence-electron chi connectivity index (χ0n) is 17.9. The maximum Gasteiger partial charge on any atom is 0.254 e. The molecule has 0 radical (unpaired) electrons. The number of rotatable bonds is 5. The molecule has 0 bridgehead atoms.